The highest BCUT2D eigenvalue weighted by Gasteiger charge is 2.16. The molecule has 0 radical (unpaired) electrons. The number of benzene rings is 1. The summed E-state index contributed by atoms with van der Waals surface area (Å²) >= 11 is 3.48. The first-order valence-electron chi connectivity index (χ1n) is 7.02. The number of aryl methyl sites for hydroxylation is 1. The lowest BCUT2D eigenvalue weighted by atomic mass is 9.89. The number of hydrogen-bond acceptors (Lipinski definition) is 1. The van der Waals surface area contributed by atoms with Crippen LogP contribution in [-0.2, 0) is 0 Å². The molecule has 102 valence electrons. The second-order valence-electron chi connectivity index (χ2n) is 5.17. The summed E-state index contributed by atoms with van der Waals surface area (Å²) in [6.07, 6.45) is 5.45. The van der Waals surface area contributed by atoms with E-state index in [4.69, 9.17) is 0 Å². The predicted octanol–water partition coefficient (Wildman–Crippen LogP) is 5.40. The summed E-state index contributed by atoms with van der Waals surface area (Å²) in [6, 6.07) is 6.14. The molecule has 0 heterocycles. The number of rotatable bonds is 7. The maximum atomic E-state index is 10.4. The summed E-state index contributed by atoms with van der Waals surface area (Å²) in [4.78, 5) is 0. The number of aliphatic hydroxyl groups is 1. The van der Waals surface area contributed by atoms with Gasteiger partial charge in [0.2, 0.25) is 0 Å². The fourth-order valence-corrected chi connectivity index (χ4v) is 2.77. The topological polar surface area (TPSA) is 20.2 Å². The average molecular weight is 313 g/mol. The molecule has 0 saturated heterocycles. The highest BCUT2D eigenvalue weighted by atomic mass is 79.9. The quantitative estimate of drug-likeness (QED) is 0.715. The van der Waals surface area contributed by atoms with E-state index in [1.54, 1.807) is 0 Å². The van der Waals surface area contributed by atoms with Gasteiger partial charge in [0.25, 0.3) is 0 Å². The van der Waals surface area contributed by atoms with Crippen molar-refractivity contribution < 1.29 is 5.11 Å². The third-order valence-corrected chi connectivity index (χ3v) is 4.19. The van der Waals surface area contributed by atoms with E-state index in [0.717, 1.165) is 22.9 Å². The van der Waals surface area contributed by atoms with Crippen LogP contribution in [0.25, 0.3) is 0 Å². The lowest BCUT2D eigenvalue weighted by Gasteiger charge is -2.20. The van der Waals surface area contributed by atoms with Crippen molar-refractivity contribution in [3.05, 3.63) is 33.8 Å². The molecule has 0 aliphatic carbocycles. The minimum absolute atomic E-state index is 0.329. The van der Waals surface area contributed by atoms with Gasteiger partial charge in [-0.25, -0.2) is 0 Å². The molecule has 0 aliphatic rings. The Morgan fingerprint density at radius 1 is 1.28 bits per heavy atom. The number of hydrogen-bond donors (Lipinski definition) is 1. The summed E-state index contributed by atoms with van der Waals surface area (Å²) in [5.41, 5.74) is 2.25. The summed E-state index contributed by atoms with van der Waals surface area (Å²) in [7, 11) is 0. The maximum Gasteiger partial charge on any atom is 0.0795 e. The van der Waals surface area contributed by atoms with Gasteiger partial charge in [0.15, 0.2) is 0 Å². The van der Waals surface area contributed by atoms with Crippen LogP contribution in [0, 0.1) is 12.8 Å². The van der Waals surface area contributed by atoms with Gasteiger partial charge in [-0.2, -0.15) is 0 Å². The molecule has 1 aromatic carbocycles. The van der Waals surface area contributed by atoms with Crippen molar-refractivity contribution in [3.8, 4) is 0 Å². The zero-order chi connectivity index (χ0) is 13.5. The van der Waals surface area contributed by atoms with Crippen LogP contribution in [0.3, 0.4) is 0 Å². The van der Waals surface area contributed by atoms with Crippen LogP contribution in [0.4, 0.5) is 0 Å². The van der Waals surface area contributed by atoms with Crippen molar-refractivity contribution >= 4 is 15.9 Å². The lowest BCUT2D eigenvalue weighted by molar-refractivity contribution is 0.138. The van der Waals surface area contributed by atoms with Crippen molar-refractivity contribution in [1.29, 1.82) is 0 Å². The third-order valence-electron chi connectivity index (χ3n) is 3.70. The predicted molar refractivity (Wildman–Crippen MR) is 81.8 cm³/mol. The van der Waals surface area contributed by atoms with E-state index < -0.39 is 0 Å². The normalized spacial score (nSPS) is 14.5. The molecule has 0 saturated carbocycles. The molecule has 1 N–H and O–H groups in total. The molecule has 0 fully saturated rings. The Labute approximate surface area is 120 Å². The zero-order valence-corrected chi connectivity index (χ0v) is 13.3. The molecule has 1 rings (SSSR count). The molecule has 0 aliphatic heterocycles. The Morgan fingerprint density at radius 2 is 2.00 bits per heavy atom. The van der Waals surface area contributed by atoms with E-state index in [9.17, 15) is 5.11 Å². The molecule has 2 heteroatoms. The van der Waals surface area contributed by atoms with E-state index >= 15 is 0 Å². The Hall–Kier alpha value is -0.340. The van der Waals surface area contributed by atoms with Crippen LogP contribution in [0.15, 0.2) is 22.7 Å². The van der Waals surface area contributed by atoms with Crippen molar-refractivity contribution in [2.45, 2.75) is 59.0 Å². The number of unbranched alkanes of at least 4 members (excludes halogenated alkanes) is 1. The number of halogens is 1. The molecule has 0 spiro atoms. The Kier molecular flexibility index (Phi) is 6.95. The monoisotopic (exact) mass is 312 g/mol. The minimum Gasteiger partial charge on any atom is -0.388 e. The van der Waals surface area contributed by atoms with Gasteiger partial charge < -0.3 is 5.11 Å². The molecule has 0 amide bonds. The van der Waals surface area contributed by atoms with Gasteiger partial charge >= 0.3 is 0 Å². The van der Waals surface area contributed by atoms with E-state index in [0.29, 0.717) is 5.92 Å². The molecular weight excluding hydrogens is 288 g/mol. The molecule has 0 bridgehead atoms. The second kappa shape index (κ2) is 7.96. The summed E-state index contributed by atoms with van der Waals surface area (Å²) in [5.74, 6) is 0.637. The fraction of sp³-hybridized carbons (Fsp3) is 0.625. The van der Waals surface area contributed by atoms with Gasteiger partial charge in [0.1, 0.15) is 0 Å². The smallest absolute Gasteiger partial charge is 0.0795 e. The molecule has 0 aromatic heterocycles. The highest BCUT2D eigenvalue weighted by molar-refractivity contribution is 9.10. The molecular formula is C16H25BrO. The van der Waals surface area contributed by atoms with E-state index in [1.807, 2.05) is 12.1 Å². The molecule has 2 atom stereocenters. The van der Waals surface area contributed by atoms with Crippen LogP contribution < -0.4 is 0 Å². The fourth-order valence-electron chi connectivity index (χ4n) is 2.39. The Bertz CT molecular complexity index is 362. The Balaban J connectivity index is 2.67. The lowest BCUT2D eigenvalue weighted by Crippen LogP contribution is -2.08. The standard InChI is InChI=1S/C16H25BrO/c1-4-6-7-13(5-2)10-16(18)15-11-14(17)9-8-12(15)3/h8-9,11,13,16,18H,4-7,10H2,1-3H3. The van der Waals surface area contributed by atoms with Gasteiger partial charge in [0, 0.05) is 4.47 Å². The molecule has 18 heavy (non-hydrogen) atoms. The van der Waals surface area contributed by atoms with Crippen LogP contribution >= 0.6 is 15.9 Å². The van der Waals surface area contributed by atoms with Crippen LogP contribution in [0.2, 0.25) is 0 Å². The summed E-state index contributed by atoms with van der Waals surface area (Å²) in [5, 5.41) is 10.4. The van der Waals surface area contributed by atoms with E-state index in [1.165, 1.54) is 24.8 Å². The zero-order valence-electron chi connectivity index (χ0n) is 11.7. The van der Waals surface area contributed by atoms with Gasteiger partial charge in [-0.1, -0.05) is 61.5 Å². The molecule has 2 unspecified atom stereocenters. The van der Waals surface area contributed by atoms with Crippen LogP contribution in [-0.4, -0.2) is 5.11 Å². The maximum absolute atomic E-state index is 10.4. The first-order chi connectivity index (χ1) is 8.58. The van der Waals surface area contributed by atoms with E-state index in [2.05, 4.69) is 42.8 Å². The Morgan fingerprint density at radius 3 is 2.61 bits per heavy atom. The van der Waals surface area contributed by atoms with Gasteiger partial charge in [-0.05, 0) is 42.5 Å². The van der Waals surface area contributed by atoms with Crippen molar-refractivity contribution in [2.24, 2.45) is 5.92 Å². The first kappa shape index (κ1) is 15.7. The van der Waals surface area contributed by atoms with Gasteiger partial charge in [0.05, 0.1) is 6.10 Å². The summed E-state index contributed by atoms with van der Waals surface area (Å²) < 4.78 is 1.05. The second-order valence-corrected chi connectivity index (χ2v) is 6.08. The third kappa shape index (κ3) is 4.74. The largest absolute Gasteiger partial charge is 0.388 e. The highest BCUT2D eigenvalue weighted by Crippen LogP contribution is 2.29. The van der Waals surface area contributed by atoms with E-state index in [-0.39, 0.29) is 6.10 Å². The number of aliphatic hydroxyl groups excluding tert-OH is 1. The minimum atomic E-state index is -0.329. The molecule has 1 nitrogen and oxygen atoms in total. The van der Waals surface area contributed by atoms with Crippen molar-refractivity contribution in [3.63, 3.8) is 0 Å². The van der Waals surface area contributed by atoms with Crippen molar-refractivity contribution in [2.75, 3.05) is 0 Å². The SMILES string of the molecule is CCCCC(CC)CC(O)c1cc(Br)ccc1C. The molecule has 1 aromatic rings. The van der Waals surface area contributed by atoms with Crippen LogP contribution in [0.5, 0.6) is 0 Å². The van der Waals surface area contributed by atoms with Gasteiger partial charge in [-0.3, -0.25) is 0 Å². The van der Waals surface area contributed by atoms with Gasteiger partial charge in [-0.15, -0.1) is 0 Å². The van der Waals surface area contributed by atoms with Crippen molar-refractivity contribution in [1.82, 2.24) is 0 Å². The average Bonchev–Trinajstić information content (AvgIpc) is 2.37. The summed E-state index contributed by atoms with van der Waals surface area (Å²) in [6.45, 7) is 6.51. The van der Waals surface area contributed by atoms with Crippen LogP contribution in [0.1, 0.15) is 63.2 Å². The first-order valence-corrected chi connectivity index (χ1v) is 7.81.